The number of hydrogen-bond acceptors (Lipinski definition) is 6. The zero-order valence-corrected chi connectivity index (χ0v) is 20.3. The van der Waals surface area contributed by atoms with Crippen molar-refractivity contribution in [1.29, 1.82) is 0 Å². The van der Waals surface area contributed by atoms with E-state index in [0.717, 1.165) is 64.3 Å². The lowest BCUT2D eigenvalue weighted by Gasteiger charge is -2.25. The molecule has 4 N–H and O–H groups in total. The van der Waals surface area contributed by atoms with E-state index in [1.54, 1.807) is 0 Å². The number of benzene rings is 3. The number of aliphatic hydroxyl groups excluding tert-OH is 1. The van der Waals surface area contributed by atoms with Gasteiger partial charge in [-0.25, -0.2) is 14.6 Å². The quantitative estimate of drug-likeness (QED) is 0.329. The zero-order chi connectivity index (χ0) is 25.4. The highest BCUT2D eigenvalue weighted by molar-refractivity contribution is 6.07. The lowest BCUT2D eigenvalue weighted by molar-refractivity contribution is 0.0952. The number of aromatic nitrogens is 4. The van der Waals surface area contributed by atoms with Crippen LogP contribution in [0.25, 0.3) is 33.1 Å². The normalized spacial score (nSPS) is 17.8. The van der Waals surface area contributed by atoms with Gasteiger partial charge in [-0.15, -0.1) is 0 Å². The van der Waals surface area contributed by atoms with Crippen molar-refractivity contribution in [3.8, 4) is 11.3 Å². The molecule has 0 radical (unpaired) electrons. The topological polar surface area (TPSA) is 119 Å². The van der Waals surface area contributed by atoms with Gasteiger partial charge in [0.1, 0.15) is 17.8 Å². The van der Waals surface area contributed by atoms with Crippen LogP contribution >= 0.6 is 0 Å². The van der Waals surface area contributed by atoms with E-state index in [9.17, 15) is 9.90 Å². The number of amides is 1. The van der Waals surface area contributed by atoms with E-state index in [1.807, 2.05) is 71.4 Å². The first-order valence-corrected chi connectivity index (χ1v) is 12.6. The van der Waals surface area contributed by atoms with Gasteiger partial charge in [-0.05, 0) is 48.1 Å². The maximum absolute atomic E-state index is 12.9. The van der Waals surface area contributed by atoms with E-state index < -0.39 is 0 Å². The molecule has 186 valence electrons. The van der Waals surface area contributed by atoms with Gasteiger partial charge in [0.05, 0.1) is 17.5 Å². The maximum atomic E-state index is 12.9. The highest BCUT2D eigenvalue weighted by atomic mass is 16.3. The van der Waals surface area contributed by atoms with Crippen molar-refractivity contribution in [1.82, 2.24) is 25.1 Å². The van der Waals surface area contributed by atoms with Gasteiger partial charge >= 0.3 is 0 Å². The minimum Gasteiger partial charge on any atom is -0.393 e. The molecule has 5 aromatic rings. The van der Waals surface area contributed by atoms with E-state index in [4.69, 9.17) is 10.8 Å². The second kappa shape index (κ2) is 9.63. The van der Waals surface area contributed by atoms with Crippen molar-refractivity contribution >= 4 is 33.5 Å². The van der Waals surface area contributed by atoms with Crippen molar-refractivity contribution in [2.45, 2.75) is 44.4 Å². The van der Waals surface area contributed by atoms with Crippen molar-refractivity contribution in [2.24, 2.45) is 0 Å². The average Bonchev–Trinajstić information content (AvgIpc) is 3.33. The molecule has 1 amide bonds. The van der Waals surface area contributed by atoms with Gasteiger partial charge in [0.25, 0.3) is 5.91 Å². The first-order chi connectivity index (χ1) is 18.1. The SMILES string of the molecule is Nc1ncnc2c1c(-c1ccc(CNC(=O)c3cccc4ccccc34)cc1)nn2C1CCC(O)CC1. The number of nitrogens with two attached hydrogens (primary N) is 1. The first-order valence-electron chi connectivity index (χ1n) is 12.6. The Morgan fingerprint density at radius 1 is 0.973 bits per heavy atom. The summed E-state index contributed by atoms with van der Waals surface area (Å²) in [5, 5.41) is 20.6. The number of aliphatic hydroxyl groups is 1. The molecule has 2 heterocycles. The van der Waals surface area contributed by atoms with E-state index >= 15 is 0 Å². The monoisotopic (exact) mass is 492 g/mol. The Balaban J connectivity index is 1.24. The molecule has 0 unspecified atom stereocenters. The minimum absolute atomic E-state index is 0.104. The highest BCUT2D eigenvalue weighted by Crippen LogP contribution is 2.36. The fourth-order valence-electron chi connectivity index (χ4n) is 5.24. The van der Waals surface area contributed by atoms with E-state index in [2.05, 4.69) is 15.3 Å². The predicted octanol–water partition coefficient (Wildman–Crippen LogP) is 4.63. The van der Waals surface area contributed by atoms with Gasteiger partial charge in [0, 0.05) is 17.7 Å². The summed E-state index contributed by atoms with van der Waals surface area (Å²) < 4.78 is 1.95. The molecule has 0 saturated heterocycles. The Hall–Kier alpha value is -4.30. The molecule has 0 aliphatic heterocycles. The molecule has 3 aromatic carbocycles. The summed E-state index contributed by atoms with van der Waals surface area (Å²) in [5.74, 6) is 0.293. The van der Waals surface area contributed by atoms with Crippen LogP contribution in [0.3, 0.4) is 0 Å². The molecule has 0 atom stereocenters. The number of nitrogen functional groups attached to an aromatic ring is 1. The van der Waals surface area contributed by atoms with Crippen molar-refractivity contribution < 1.29 is 9.90 Å². The fraction of sp³-hybridized carbons (Fsp3) is 0.241. The third-order valence-corrected chi connectivity index (χ3v) is 7.24. The second-order valence-corrected chi connectivity index (χ2v) is 9.62. The molecule has 6 rings (SSSR count). The maximum Gasteiger partial charge on any atom is 0.252 e. The van der Waals surface area contributed by atoms with Crippen LogP contribution < -0.4 is 11.1 Å². The first kappa shape index (κ1) is 23.1. The summed E-state index contributed by atoms with van der Waals surface area (Å²) in [4.78, 5) is 21.6. The fourth-order valence-corrected chi connectivity index (χ4v) is 5.24. The summed E-state index contributed by atoms with van der Waals surface area (Å²) in [6, 6.07) is 21.8. The molecule has 1 aliphatic carbocycles. The summed E-state index contributed by atoms with van der Waals surface area (Å²) in [6.45, 7) is 0.410. The standard InChI is InChI=1S/C29H28N6O2/c30-27-25-26(34-35(28(25)33-17-32-27)21-12-14-22(36)15-13-21)20-10-8-18(9-11-20)16-31-29(37)24-7-3-5-19-4-1-2-6-23(19)24/h1-11,17,21-22,36H,12-16H2,(H,31,37)(H2,30,32,33). The molecule has 1 saturated carbocycles. The molecular weight excluding hydrogens is 464 g/mol. The second-order valence-electron chi connectivity index (χ2n) is 9.62. The molecule has 0 spiro atoms. The van der Waals surface area contributed by atoms with Crippen LogP contribution in [0, 0.1) is 0 Å². The molecular formula is C29H28N6O2. The van der Waals surface area contributed by atoms with Crippen LogP contribution in [-0.4, -0.2) is 36.9 Å². The number of nitrogens with one attached hydrogen (secondary N) is 1. The lowest BCUT2D eigenvalue weighted by Crippen LogP contribution is -2.23. The van der Waals surface area contributed by atoms with Crippen LogP contribution in [-0.2, 0) is 6.54 Å². The van der Waals surface area contributed by atoms with E-state index in [1.165, 1.54) is 6.33 Å². The Morgan fingerprint density at radius 3 is 2.54 bits per heavy atom. The van der Waals surface area contributed by atoms with Crippen LogP contribution in [0.4, 0.5) is 5.82 Å². The van der Waals surface area contributed by atoms with Crippen LogP contribution in [0.1, 0.15) is 47.6 Å². The third kappa shape index (κ3) is 4.40. The number of carbonyl (C=O) groups excluding carboxylic acids is 1. The number of carbonyl (C=O) groups is 1. The number of anilines is 1. The predicted molar refractivity (Wildman–Crippen MR) is 144 cm³/mol. The van der Waals surface area contributed by atoms with Gasteiger partial charge in [-0.2, -0.15) is 5.10 Å². The Kier molecular flexibility index (Phi) is 6.02. The highest BCUT2D eigenvalue weighted by Gasteiger charge is 2.26. The molecule has 2 aromatic heterocycles. The zero-order valence-electron chi connectivity index (χ0n) is 20.3. The molecule has 37 heavy (non-hydrogen) atoms. The van der Waals surface area contributed by atoms with Gasteiger partial charge < -0.3 is 16.2 Å². The number of nitrogens with zero attached hydrogens (tertiary/aromatic N) is 4. The van der Waals surface area contributed by atoms with Crippen molar-refractivity contribution in [3.05, 3.63) is 84.2 Å². The van der Waals surface area contributed by atoms with Crippen molar-refractivity contribution in [3.63, 3.8) is 0 Å². The Labute approximate surface area is 214 Å². The molecule has 1 fully saturated rings. The summed E-state index contributed by atoms with van der Waals surface area (Å²) in [7, 11) is 0. The number of rotatable bonds is 5. The summed E-state index contributed by atoms with van der Waals surface area (Å²) >= 11 is 0. The molecule has 0 bridgehead atoms. The third-order valence-electron chi connectivity index (χ3n) is 7.24. The molecule has 8 nitrogen and oxygen atoms in total. The van der Waals surface area contributed by atoms with Crippen LogP contribution in [0.15, 0.2) is 73.1 Å². The van der Waals surface area contributed by atoms with E-state index in [0.29, 0.717) is 17.9 Å². The lowest BCUT2D eigenvalue weighted by atomic mass is 9.93. The minimum atomic E-state index is -0.245. The van der Waals surface area contributed by atoms with Gasteiger partial charge in [-0.3, -0.25) is 4.79 Å². The summed E-state index contributed by atoms with van der Waals surface area (Å²) in [5.41, 5.74) is 10.3. The van der Waals surface area contributed by atoms with Crippen molar-refractivity contribution in [2.75, 3.05) is 5.73 Å². The van der Waals surface area contributed by atoms with Gasteiger partial charge in [0.2, 0.25) is 0 Å². The Bertz CT molecular complexity index is 1580. The summed E-state index contributed by atoms with van der Waals surface area (Å²) in [6.07, 6.45) is 4.42. The van der Waals surface area contributed by atoms with Crippen LogP contribution in [0.2, 0.25) is 0 Å². The number of fused-ring (bicyclic) bond motifs is 2. The smallest absolute Gasteiger partial charge is 0.252 e. The largest absolute Gasteiger partial charge is 0.393 e. The Morgan fingerprint density at radius 2 is 1.73 bits per heavy atom. The van der Waals surface area contributed by atoms with Gasteiger partial charge in [0.15, 0.2) is 5.65 Å². The molecule has 1 aliphatic rings. The average molecular weight is 493 g/mol. The number of hydrogen-bond donors (Lipinski definition) is 3. The van der Waals surface area contributed by atoms with Gasteiger partial charge in [-0.1, -0.05) is 60.7 Å². The molecule has 8 heteroatoms. The van der Waals surface area contributed by atoms with Crippen LogP contribution in [0.5, 0.6) is 0 Å². The van der Waals surface area contributed by atoms with E-state index in [-0.39, 0.29) is 18.1 Å².